The fraction of sp³-hybridized carbons (Fsp3) is 0.586. The minimum absolute atomic E-state index is 0.0541. The summed E-state index contributed by atoms with van der Waals surface area (Å²) in [7, 11) is 1.62. The summed E-state index contributed by atoms with van der Waals surface area (Å²) in [6.45, 7) is 8.19. The highest BCUT2D eigenvalue weighted by molar-refractivity contribution is 5.73. The summed E-state index contributed by atoms with van der Waals surface area (Å²) >= 11 is 0. The zero-order valence-electron chi connectivity index (χ0n) is 22.6. The van der Waals surface area contributed by atoms with Crippen LogP contribution in [0, 0.1) is 11.2 Å². The Balaban J connectivity index is 1.56. The highest BCUT2D eigenvalue weighted by Crippen LogP contribution is 2.51. The Bertz CT molecular complexity index is 1110. The fourth-order valence-corrected chi connectivity index (χ4v) is 5.38. The van der Waals surface area contributed by atoms with Gasteiger partial charge in [0.1, 0.15) is 11.4 Å². The summed E-state index contributed by atoms with van der Waals surface area (Å²) in [4.78, 5) is 16.6. The lowest BCUT2D eigenvalue weighted by Gasteiger charge is -2.48. The molecule has 8 heteroatoms. The number of pyridine rings is 1. The molecule has 1 fully saturated rings. The highest BCUT2D eigenvalue weighted by atomic mass is 19.1. The van der Waals surface area contributed by atoms with E-state index in [0.29, 0.717) is 23.6 Å². The van der Waals surface area contributed by atoms with Crippen molar-refractivity contribution in [3.63, 3.8) is 0 Å². The number of rotatable bonds is 9. The van der Waals surface area contributed by atoms with E-state index in [4.69, 9.17) is 14.5 Å². The molecule has 1 aliphatic carbocycles. The third-order valence-electron chi connectivity index (χ3n) is 7.23. The van der Waals surface area contributed by atoms with Gasteiger partial charge in [-0.15, -0.1) is 0 Å². The van der Waals surface area contributed by atoms with Gasteiger partial charge in [0, 0.05) is 37.2 Å². The maximum Gasteiger partial charge on any atom is 0.257 e. The number of aliphatic hydroxyl groups excluding tert-OH is 1. The summed E-state index contributed by atoms with van der Waals surface area (Å²) in [5, 5.41) is 17.5. The average Bonchev–Trinajstić information content (AvgIpc) is 2.79. The van der Waals surface area contributed by atoms with Crippen molar-refractivity contribution in [3.8, 4) is 11.6 Å². The first-order chi connectivity index (χ1) is 17.5. The van der Waals surface area contributed by atoms with Crippen LogP contribution in [0.2, 0.25) is 0 Å². The Morgan fingerprint density at radius 2 is 2.08 bits per heavy atom. The van der Waals surface area contributed by atoms with Crippen molar-refractivity contribution in [2.75, 3.05) is 13.7 Å². The number of carbonyl (C=O) groups excluding carboxylic acids is 1. The van der Waals surface area contributed by atoms with Crippen LogP contribution in [0.25, 0.3) is 0 Å². The van der Waals surface area contributed by atoms with Gasteiger partial charge < -0.3 is 25.2 Å². The van der Waals surface area contributed by atoms with Crippen molar-refractivity contribution in [2.45, 2.75) is 90.0 Å². The van der Waals surface area contributed by atoms with Gasteiger partial charge in [0.15, 0.2) is 5.75 Å². The highest BCUT2D eigenvalue weighted by Gasteiger charge is 2.47. The molecule has 3 atom stereocenters. The molecular weight excluding hydrogens is 473 g/mol. The molecule has 0 radical (unpaired) electrons. The second kappa shape index (κ2) is 11.0. The molecule has 0 unspecified atom stereocenters. The standard InChI is InChI=1S/C29H40FN3O4/c1-18(34)32-23(13-19-8-6-9-20(30)12-19)25(35)17-31-24-16-29(10-7-11-29)37-26-22(24)14-21(15-28(2,3)4)33-27(26)36-5/h6,8-9,12,14,23-25,31,35H,7,10-11,13,15-17H2,1-5H3,(H,32,34)/t23-,24-,25-/m0/s1. The Morgan fingerprint density at radius 1 is 1.32 bits per heavy atom. The number of hydrogen-bond donors (Lipinski definition) is 3. The first-order valence-corrected chi connectivity index (χ1v) is 13.2. The molecule has 1 aromatic heterocycles. The molecule has 2 aliphatic rings. The number of methoxy groups -OCH3 is 1. The van der Waals surface area contributed by atoms with Crippen LogP contribution in [-0.2, 0) is 17.6 Å². The maximum absolute atomic E-state index is 13.7. The Labute approximate surface area is 219 Å². The Hall–Kier alpha value is -2.71. The van der Waals surface area contributed by atoms with Crippen molar-refractivity contribution in [1.29, 1.82) is 0 Å². The molecule has 7 nitrogen and oxygen atoms in total. The number of nitrogens with zero attached hydrogens (tertiary/aromatic N) is 1. The predicted molar refractivity (Wildman–Crippen MR) is 140 cm³/mol. The topological polar surface area (TPSA) is 92.7 Å². The number of hydrogen-bond acceptors (Lipinski definition) is 6. The third kappa shape index (κ3) is 6.79. The molecule has 1 aliphatic heterocycles. The van der Waals surface area contributed by atoms with Crippen LogP contribution in [0.5, 0.6) is 11.6 Å². The maximum atomic E-state index is 13.7. The van der Waals surface area contributed by atoms with E-state index in [1.807, 2.05) is 0 Å². The van der Waals surface area contributed by atoms with Gasteiger partial charge in [-0.1, -0.05) is 32.9 Å². The lowest BCUT2D eigenvalue weighted by Crippen LogP contribution is -2.52. The van der Waals surface area contributed by atoms with E-state index in [2.05, 4.69) is 37.5 Å². The summed E-state index contributed by atoms with van der Waals surface area (Å²) in [5.41, 5.74) is 2.43. The molecular formula is C29H40FN3O4. The van der Waals surface area contributed by atoms with Crippen LogP contribution >= 0.6 is 0 Å². The van der Waals surface area contributed by atoms with Crippen molar-refractivity contribution in [3.05, 3.63) is 53.0 Å². The summed E-state index contributed by atoms with van der Waals surface area (Å²) < 4.78 is 25.9. The average molecular weight is 514 g/mol. The van der Waals surface area contributed by atoms with Gasteiger partial charge in [-0.05, 0) is 61.3 Å². The second-order valence-corrected chi connectivity index (χ2v) is 11.8. The predicted octanol–water partition coefficient (Wildman–Crippen LogP) is 4.26. The minimum Gasteiger partial charge on any atom is -0.481 e. The second-order valence-electron chi connectivity index (χ2n) is 11.8. The molecule has 202 valence electrons. The van der Waals surface area contributed by atoms with Crippen LogP contribution in [-0.4, -0.2) is 47.4 Å². The molecule has 1 amide bonds. The van der Waals surface area contributed by atoms with Gasteiger partial charge in [-0.2, -0.15) is 0 Å². The van der Waals surface area contributed by atoms with E-state index < -0.39 is 12.1 Å². The molecule has 3 N–H and O–H groups in total. The molecule has 0 saturated heterocycles. The van der Waals surface area contributed by atoms with Crippen LogP contribution in [0.4, 0.5) is 4.39 Å². The van der Waals surface area contributed by atoms with Crippen molar-refractivity contribution < 1.29 is 23.8 Å². The van der Waals surface area contributed by atoms with Crippen molar-refractivity contribution in [2.24, 2.45) is 5.41 Å². The molecule has 1 spiro atoms. The van der Waals surface area contributed by atoms with E-state index >= 15 is 0 Å². The number of fused-ring (bicyclic) bond motifs is 1. The minimum atomic E-state index is -0.881. The number of aromatic nitrogens is 1. The van der Waals surface area contributed by atoms with Gasteiger partial charge in [0.2, 0.25) is 5.91 Å². The molecule has 1 aromatic carbocycles. The first kappa shape index (κ1) is 27.3. The van der Waals surface area contributed by atoms with Crippen molar-refractivity contribution in [1.82, 2.24) is 15.6 Å². The molecule has 0 bridgehead atoms. The summed E-state index contributed by atoms with van der Waals surface area (Å²) in [5.74, 6) is 0.589. The molecule has 37 heavy (non-hydrogen) atoms. The SMILES string of the molecule is COc1nc(CC(C)(C)C)cc2c1OC1(CCC1)C[C@@H]2NC[C@H](O)[C@H](Cc1cccc(F)c1)NC(C)=O. The number of benzene rings is 1. The monoisotopic (exact) mass is 513 g/mol. The summed E-state index contributed by atoms with van der Waals surface area (Å²) in [6, 6.07) is 7.70. The van der Waals surface area contributed by atoms with Crippen LogP contribution in [0.1, 0.15) is 76.2 Å². The lowest BCUT2D eigenvalue weighted by atomic mass is 9.73. The van der Waals surface area contributed by atoms with E-state index in [1.165, 1.54) is 19.1 Å². The van der Waals surface area contributed by atoms with Crippen LogP contribution < -0.4 is 20.1 Å². The first-order valence-electron chi connectivity index (χ1n) is 13.2. The zero-order valence-corrected chi connectivity index (χ0v) is 22.6. The van der Waals surface area contributed by atoms with Gasteiger partial charge in [0.05, 0.1) is 19.3 Å². The number of aliphatic hydroxyl groups is 1. The van der Waals surface area contributed by atoms with E-state index in [1.54, 1.807) is 19.2 Å². The number of amides is 1. The molecule has 2 heterocycles. The van der Waals surface area contributed by atoms with Crippen molar-refractivity contribution >= 4 is 5.91 Å². The third-order valence-corrected chi connectivity index (χ3v) is 7.23. The smallest absolute Gasteiger partial charge is 0.257 e. The zero-order chi connectivity index (χ0) is 26.8. The van der Waals surface area contributed by atoms with Gasteiger partial charge in [-0.3, -0.25) is 4.79 Å². The van der Waals surface area contributed by atoms with Gasteiger partial charge >= 0.3 is 0 Å². The van der Waals surface area contributed by atoms with E-state index in [0.717, 1.165) is 43.4 Å². The van der Waals surface area contributed by atoms with E-state index in [9.17, 15) is 14.3 Å². The fourth-order valence-electron chi connectivity index (χ4n) is 5.38. The summed E-state index contributed by atoms with van der Waals surface area (Å²) in [6.07, 6.45) is 4.05. The van der Waals surface area contributed by atoms with Crippen LogP contribution in [0.15, 0.2) is 30.3 Å². The molecule has 4 rings (SSSR count). The molecule has 2 aromatic rings. The Kier molecular flexibility index (Phi) is 8.09. The number of ether oxygens (including phenoxy) is 2. The quantitative estimate of drug-likeness (QED) is 0.464. The largest absolute Gasteiger partial charge is 0.481 e. The number of carbonyl (C=O) groups is 1. The lowest BCUT2D eigenvalue weighted by molar-refractivity contribution is -0.120. The van der Waals surface area contributed by atoms with Gasteiger partial charge in [-0.25, -0.2) is 9.37 Å². The molecule has 1 saturated carbocycles. The number of halogens is 1. The number of nitrogens with one attached hydrogen (secondary N) is 2. The van der Waals surface area contributed by atoms with E-state index in [-0.39, 0.29) is 35.3 Å². The Morgan fingerprint density at radius 3 is 2.68 bits per heavy atom. The normalized spacial score (nSPS) is 19.8. The van der Waals surface area contributed by atoms with Crippen LogP contribution in [0.3, 0.4) is 0 Å². The van der Waals surface area contributed by atoms with Gasteiger partial charge in [0.25, 0.3) is 5.88 Å².